The second-order valence-electron chi connectivity index (χ2n) is 7.39. The van der Waals surface area contributed by atoms with Crippen LogP contribution in [0.5, 0.6) is 0 Å². The van der Waals surface area contributed by atoms with Crippen LogP contribution >= 0.6 is 0 Å². The molecule has 0 aromatic rings. The first-order chi connectivity index (χ1) is 12.3. The molecule has 0 aliphatic carbocycles. The first-order valence-electron chi connectivity index (χ1n) is 9.78. The maximum absolute atomic E-state index is 11.6. The zero-order valence-electron chi connectivity index (χ0n) is 16.2. The molecule has 0 amide bonds. The standard InChI is InChI=1S/C19H38O7/c1-14(2)10-8-6-4-3-5-7-9-11-17(23)26-13-16(22)19(25)18(24)15(21)12-20/h14-16,18-22,24-25H,3-13H2,1-2H3/t15-,16+,18-,19-/m1/s1. The van der Waals surface area contributed by atoms with E-state index in [2.05, 4.69) is 13.8 Å². The molecular formula is C19H38O7. The largest absolute Gasteiger partial charge is 0.463 e. The van der Waals surface area contributed by atoms with Crippen LogP contribution in [-0.2, 0) is 9.53 Å². The molecule has 0 saturated carbocycles. The van der Waals surface area contributed by atoms with Crippen molar-refractivity contribution in [2.24, 2.45) is 5.92 Å². The highest BCUT2D eigenvalue weighted by atomic mass is 16.5. The number of hydrogen-bond acceptors (Lipinski definition) is 7. The minimum Gasteiger partial charge on any atom is -0.463 e. The summed E-state index contributed by atoms with van der Waals surface area (Å²) in [7, 11) is 0. The summed E-state index contributed by atoms with van der Waals surface area (Å²) in [6.45, 7) is 3.26. The maximum atomic E-state index is 11.6. The molecule has 26 heavy (non-hydrogen) atoms. The molecule has 0 aliphatic heterocycles. The van der Waals surface area contributed by atoms with E-state index in [1.165, 1.54) is 32.1 Å². The maximum Gasteiger partial charge on any atom is 0.305 e. The summed E-state index contributed by atoms with van der Waals surface area (Å²) in [5.41, 5.74) is 0. The van der Waals surface area contributed by atoms with Gasteiger partial charge in [0.25, 0.3) is 0 Å². The minimum absolute atomic E-state index is 0.248. The van der Waals surface area contributed by atoms with Crippen LogP contribution in [0, 0.1) is 5.92 Å². The fourth-order valence-electron chi connectivity index (χ4n) is 2.62. The number of carbonyl (C=O) groups is 1. The van der Waals surface area contributed by atoms with Gasteiger partial charge in [0.15, 0.2) is 0 Å². The van der Waals surface area contributed by atoms with Crippen LogP contribution in [0.3, 0.4) is 0 Å². The summed E-state index contributed by atoms with van der Waals surface area (Å²) in [5.74, 6) is 0.300. The number of rotatable bonds is 16. The van der Waals surface area contributed by atoms with Crippen LogP contribution in [0.4, 0.5) is 0 Å². The van der Waals surface area contributed by atoms with Crippen molar-refractivity contribution in [2.75, 3.05) is 13.2 Å². The smallest absolute Gasteiger partial charge is 0.305 e. The zero-order valence-corrected chi connectivity index (χ0v) is 16.2. The van der Waals surface area contributed by atoms with E-state index in [1.54, 1.807) is 0 Å². The van der Waals surface area contributed by atoms with Gasteiger partial charge < -0.3 is 30.3 Å². The highest BCUT2D eigenvalue weighted by Gasteiger charge is 2.30. The molecule has 0 aromatic heterocycles. The number of aliphatic hydroxyl groups excluding tert-OH is 5. The lowest BCUT2D eigenvalue weighted by Gasteiger charge is -2.25. The van der Waals surface area contributed by atoms with Gasteiger partial charge in [-0.2, -0.15) is 0 Å². The normalized spacial score (nSPS) is 16.3. The summed E-state index contributed by atoms with van der Waals surface area (Å²) in [6.07, 6.45) is 2.70. The molecule has 0 spiro atoms. The van der Waals surface area contributed by atoms with E-state index in [1.807, 2.05) is 0 Å². The fraction of sp³-hybridized carbons (Fsp3) is 0.947. The van der Waals surface area contributed by atoms with Crippen molar-refractivity contribution in [3.05, 3.63) is 0 Å². The number of esters is 1. The second kappa shape index (κ2) is 15.3. The number of unbranched alkanes of at least 4 members (excludes halogenated alkanes) is 6. The molecule has 0 unspecified atom stereocenters. The van der Waals surface area contributed by atoms with Crippen LogP contribution in [0.2, 0.25) is 0 Å². The Balaban J connectivity index is 3.65. The van der Waals surface area contributed by atoms with Gasteiger partial charge in [-0.25, -0.2) is 0 Å². The number of hydrogen-bond donors (Lipinski definition) is 5. The van der Waals surface area contributed by atoms with E-state index in [-0.39, 0.29) is 6.42 Å². The molecule has 0 fully saturated rings. The summed E-state index contributed by atoms with van der Waals surface area (Å²) in [4.78, 5) is 11.6. The minimum atomic E-state index is -1.71. The lowest BCUT2D eigenvalue weighted by atomic mass is 10.0. The van der Waals surface area contributed by atoms with Gasteiger partial charge in [-0.15, -0.1) is 0 Å². The molecular weight excluding hydrogens is 340 g/mol. The lowest BCUT2D eigenvalue weighted by Crippen LogP contribution is -2.47. The monoisotopic (exact) mass is 378 g/mol. The average Bonchev–Trinajstić information content (AvgIpc) is 2.62. The van der Waals surface area contributed by atoms with Crippen molar-refractivity contribution in [1.29, 1.82) is 0 Å². The van der Waals surface area contributed by atoms with Crippen molar-refractivity contribution < 1.29 is 35.1 Å². The summed E-state index contributed by atoms with van der Waals surface area (Å²) in [6, 6.07) is 0. The fourth-order valence-corrected chi connectivity index (χ4v) is 2.62. The molecule has 0 bridgehead atoms. The second-order valence-corrected chi connectivity index (χ2v) is 7.39. The molecule has 4 atom stereocenters. The molecule has 0 saturated heterocycles. The number of ether oxygens (including phenoxy) is 1. The van der Waals surface area contributed by atoms with Gasteiger partial charge >= 0.3 is 5.97 Å². The highest BCUT2D eigenvalue weighted by Crippen LogP contribution is 2.13. The molecule has 7 nitrogen and oxygen atoms in total. The van der Waals surface area contributed by atoms with Gasteiger partial charge in [-0.05, 0) is 12.3 Å². The third-order valence-corrected chi connectivity index (χ3v) is 4.40. The molecule has 0 rings (SSSR count). The third-order valence-electron chi connectivity index (χ3n) is 4.40. The Morgan fingerprint density at radius 1 is 0.808 bits per heavy atom. The van der Waals surface area contributed by atoms with Crippen LogP contribution < -0.4 is 0 Å². The quantitative estimate of drug-likeness (QED) is 0.201. The molecule has 7 heteroatoms. The molecule has 156 valence electrons. The van der Waals surface area contributed by atoms with Crippen LogP contribution in [0.25, 0.3) is 0 Å². The van der Waals surface area contributed by atoms with Crippen LogP contribution in [-0.4, -0.2) is 69.1 Å². The predicted octanol–water partition coefficient (Wildman–Crippen LogP) is 1.13. The van der Waals surface area contributed by atoms with E-state index in [9.17, 15) is 25.2 Å². The zero-order chi connectivity index (χ0) is 19.9. The summed E-state index contributed by atoms with van der Waals surface area (Å²) in [5, 5.41) is 46.6. The van der Waals surface area contributed by atoms with Gasteiger partial charge in [0.2, 0.25) is 0 Å². The molecule has 0 aromatic carbocycles. The van der Waals surface area contributed by atoms with E-state index >= 15 is 0 Å². The van der Waals surface area contributed by atoms with Gasteiger partial charge in [-0.1, -0.05) is 58.8 Å². The Bertz CT molecular complexity index is 349. The van der Waals surface area contributed by atoms with Crippen molar-refractivity contribution in [2.45, 2.75) is 96.1 Å². The summed E-state index contributed by atoms with van der Waals surface area (Å²) >= 11 is 0. The van der Waals surface area contributed by atoms with Crippen LogP contribution in [0.1, 0.15) is 71.6 Å². The van der Waals surface area contributed by atoms with Gasteiger partial charge in [-0.3, -0.25) is 4.79 Å². The Morgan fingerprint density at radius 3 is 1.85 bits per heavy atom. The molecule has 0 aliphatic rings. The number of aliphatic hydroxyl groups is 5. The van der Waals surface area contributed by atoms with E-state index in [0.717, 1.165) is 25.2 Å². The Morgan fingerprint density at radius 2 is 1.31 bits per heavy atom. The molecule has 0 radical (unpaired) electrons. The van der Waals surface area contributed by atoms with Gasteiger partial charge in [0.05, 0.1) is 6.61 Å². The first-order valence-corrected chi connectivity index (χ1v) is 9.78. The Labute approximate surface area is 157 Å². The van der Waals surface area contributed by atoms with E-state index in [0.29, 0.717) is 0 Å². The SMILES string of the molecule is CC(C)CCCCCCCCCC(=O)OC[C@H](O)[C@@H](O)[C@H](O)[C@H](O)CO. The van der Waals surface area contributed by atoms with Crippen molar-refractivity contribution in [3.63, 3.8) is 0 Å². The predicted molar refractivity (Wildman–Crippen MR) is 98.5 cm³/mol. The van der Waals surface area contributed by atoms with Crippen LogP contribution in [0.15, 0.2) is 0 Å². The van der Waals surface area contributed by atoms with Crippen molar-refractivity contribution in [1.82, 2.24) is 0 Å². The third kappa shape index (κ3) is 12.6. The molecule has 0 heterocycles. The lowest BCUT2D eigenvalue weighted by molar-refractivity contribution is -0.156. The summed E-state index contributed by atoms with van der Waals surface area (Å²) < 4.78 is 4.87. The highest BCUT2D eigenvalue weighted by molar-refractivity contribution is 5.69. The topological polar surface area (TPSA) is 127 Å². The molecule has 5 N–H and O–H groups in total. The Kier molecular flexibility index (Phi) is 14.9. The van der Waals surface area contributed by atoms with E-state index in [4.69, 9.17) is 9.84 Å². The van der Waals surface area contributed by atoms with Gasteiger partial charge in [0, 0.05) is 6.42 Å². The van der Waals surface area contributed by atoms with Crippen molar-refractivity contribution in [3.8, 4) is 0 Å². The van der Waals surface area contributed by atoms with Crippen molar-refractivity contribution >= 4 is 5.97 Å². The Hall–Kier alpha value is -0.730. The van der Waals surface area contributed by atoms with E-state index < -0.39 is 43.6 Å². The number of carbonyl (C=O) groups excluding carboxylic acids is 1. The first kappa shape index (κ1) is 25.3. The van der Waals surface area contributed by atoms with Gasteiger partial charge in [0.1, 0.15) is 31.0 Å². The average molecular weight is 379 g/mol.